The van der Waals surface area contributed by atoms with Crippen LogP contribution in [0.1, 0.15) is 32.3 Å². The zero-order chi connectivity index (χ0) is 20.1. The normalized spacial score (nSPS) is 23.2. The smallest absolute Gasteiger partial charge is 0.372 e. The molecule has 0 aromatic carbocycles. The van der Waals surface area contributed by atoms with E-state index in [-0.39, 0.29) is 23.6 Å². The summed E-state index contributed by atoms with van der Waals surface area (Å²) in [5.74, 6) is 1.16. The van der Waals surface area contributed by atoms with Crippen molar-refractivity contribution in [1.29, 1.82) is 0 Å². The van der Waals surface area contributed by atoms with Crippen LogP contribution >= 0.6 is 0 Å². The molecule has 1 aliphatic carbocycles. The summed E-state index contributed by atoms with van der Waals surface area (Å²) >= 11 is 0. The molecule has 1 N–H and O–H groups in total. The van der Waals surface area contributed by atoms with E-state index >= 15 is 0 Å². The molecule has 2 fully saturated rings. The summed E-state index contributed by atoms with van der Waals surface area (Å²) in [6, 6.07) is 0. The molecule has 0 radical (unpaired) electrons. The van der Waals surface area contributed by atoms with Gasteiger partial charge in [0.1, 0.15) is 5.56 Å². The monoisotopic (exact) mass is 397 g/mol. The molecule has 1 aliphatic heterocycles. The molecule has 7 nitrogen and oxygen atoms in total. The molecule has 2 aliphatic rings. The molecule has 0 amide bonds. The van der Waals surface area contributed by atoms with Crippen LogP contribution in [-0.2, 0) is 17.5 Å². The highest BCUT2D eigenvalue weighted by Crippen LogP contribution is 2.35. The number of hydrogen-bond acceptors (Lipinski definition) is 5. The minimum absolute atomic E-state index is 0.00441. The Labute approximate surface area is 159 Å². The zero-order valence-corrected chi connectivity index (χ0v) is 15.7. The second-order valence-electron chi connectivity index (χ2n) is 7.65. The number of alkyl halides is 3. The summed E-state index contributed by atoms with van der Waals surface area (Å²) in [7, 11) is 0. The molecule has 28 heavy (non-hydrogen) atoms. The standard InChI is InChI=1S/C18H22F3N5O2/c1-10-7-25(8-11(2)28-10)17-24-23-16(26(17)9-12-3-4-12)13-5-22-6-14(15(13)27)18(19,20)21/h5-6,10-12H,3-4,7-9H2,1-2H3,(H,22,27)/t10-,11+. The number of nitrogens with one attached hydrogen (secondary N) is 1. The predicted octanol–water partition coefficient (Wildman–Crippen LogP) is 2.68. The summed E-state index contributed by atoms with van der Waals surface area (Å²) in [5, 5.41) is 8.37. The summed E-state index contributed by atoms with van der Waals surface area (Å²) in [5.41, 5.74) is -2.45. The van der Waals surface area contributed by atoms with Crippen molar-refractivity contribution >= 4 is 5.95 Å². The first kappa shape index (κ1) is 19.0. The summed E-state index contributed by atoms with van der Waals surface area (Å²) < 4.78 is 47.0. The Balaban J connectivity index is 1.78. The lowest BCUT2D eigenvalue weighted by atomic mass is 10.1. The average molecular weight is 397 g/mol. The number of pyridine rings is 1. The van der Waals surface area contributed by atoms with Crippen LogP contribution in [0.25, 0.3) is 11.4 Å². The van der Waals surface area contributed by atoms with E-state index in [1.165, 1.54) is 6.20 Å². The van der Waals surface area contributed by atoms with E-state index in [4.69, 9.17) is 4.74 Å². The number of hydrogen-bond donors (Lipinski definition) is 1. The van der Waals surface area contributed by atoms with Crippen LogP contribution in [0.2, 0.25) is 0 Å². The molecule has 4 rings (SSSR count). The van der Waals surface area contributed by atoms with Gasteiger partial charge in [-0.15, -0.1) is 10.2 Å². The lowest BCUT2D eigenvalue weighted by Crippen LogP contribution is -2.46. The second-order valence-corrected chi connectivity index (χ2v) is 7.65. The van der Waals surface area contributed by atoms with Crippen LogP contribution in [0.4, 0.5) is 19.1 Å². The fourth-order valence-electron chi connectivity index (χ4n) is 3.66. The Morgan fingerprint density at radius 1 is 1.18 bits per heavy atom. The number of morpholine rings is 1. The van der Waals surface area contributed by atoms with Gasteiger partial charge in [0.25, 0.3) is 0 Å². The number of H-pyrrole nitrogens is 1. The van der Waals surface area contributed by atoms with Crippen LogP contribution in [-0.4, -0.2) is 45.0 Å². The van der Waals surface area contributed by atoms with Crippen molar-refractivity contribution in [1.82, 2.24) is 19.7 Å². The summed E-state index contributed by atoms with van der Waals surface area (Å²) in [6.45, 7) is 5.71. The Hall–Kier alpha value is -2.36. The Morgan fingerprint density at radius 2 is 1.86 bits per heavy atom. The van der Waals surface area contributed by atoms with Crippen molar-refractivity contribution in [3.63, 3.8) is 0 Å². The fourth-order valence-corrected chi connectivity index (χ4v) is 3.66. The number of anilines is 1. The minimum Gasteiger partial charge on any atom is -0.372 e. The van der Waals surface area contributed by atoms with Crippen LogP contribution in [0.15, 0.2) is 17.2 Å². The van der Waals surface area contributed by atoms with Gasteiger partial charge in [0.2, 0.25) is 11.4 Å². The molecule has 152 valence electrons. The van der Waals surface area contributed by atoms with Crippen molar-refractivity contribution in [3.8, 4) is 11.4 Å². The van der Waals surface area contributed by atoms with Gasteiger partial charge < -0.3 is 14.6 Å². The maximum absolute atomic E-state index is 13.2. The van der Waals surface area contributed by atoms with Crippen LogP contribution in [0.5, 0.6) is 0 Å². The quantitative estimate of drug-likeness (QED) is 0.859. The summed E-state index contributed by atoms with van der Waals surface area (Å²) in [4.78, 5) is 17.0. The highest BCUT2D eigenvalue weighted by molar-refractivity contribution is 5.58. The lowest BCUT2D eigenvalue weighted by Gasteiger charge is -2.35. The van der Waals surface area contributed by atoms with Gasteiger partial charge in [-0.05, 0) is 32.6 Å². The van der Waals surface area contributed by atoms with Crippen molar-refractivity contribution in [2.45, 2.75) is 51.6 Å². The number of aromatic amines is 1. The van der Waals surface area contributed by atoms with Gasteiger partial charge in [0.15, 0.2) is 5.82 Å². The van der Waals surface area contributed by atoms with Crippen molar-refractivity contribution in [2.75, 3.05) is 18.0 Å². The van der Waals surface area contributed by atoms with Gasteiger partial charge in [0, 0.05) is 32.0 Å². The first-order chi connectivity index (χ1) is 13.2. The molecular weight excluding hydrogens is 375 g/mol. The maximum Gasteiger partial charge on any atom is 0.421 e. The largest absolute Gasteiger partial charge is 0.421 e. The van der Waals surface area contributed by atoms with Crippen molar-refractivity contribution in [3.05, 3.63) is 28.2 Å². The molecule has 3 heterocycles. The average Bonchev–Trinajstić information content (AvgIpc) is 3.31. The fraction of sp³-hybridized carbons (Fsp3) is 0.611. The van der Waals surface area contributed by atoms with Gasteiger partial charge in [-0.1, -0.05) is 0 Å². The van der Waals surface area contributed by atoms with Crippen molar-refractivity contribution < 1.29 is 17.9 Å². The molecule has 10 heteroatoms. The molecule has 2 aromatic heterocycles. The lowest BCUT2D eigenvalue weighted by molar-refractivity contribution is -0.138. The molecular formula is C18H22F3N5O2. The Kier molecular flexibility index (Phi) is 4.68. The van der Waals surface area contributed by atoms with Crippen molar-refractivity contribution in [2.24, 2.45) is 5.92 Å². The molecule has 0 bridgehead atoms. The van der Waals surface area contributed by atoms with Crippen LogP contribution in [0.3, 0.4) is 0 Å². The van der Waals surface area contributed by atoms with E-state index in [1.807, 2.05) is 18.7 Å². The third-order valence-corrected chi connectivity index (χ3v) is 5.06. The van der Waals surface area contributed by atoms with E-state index in [0.717, 1.165) is 12.8 Å². The van der Waals surface area contributed by atoms with Gasteiger partial charge in [0.05, 0.1) is 17.8 Å². The Bertz CT molecular complexity index is 909. The molecule has 0 unspecified atom stereocenters. The van der Waals surface area contributed by atoms with Crippen LogP contribution < -0.4 is 10.3 Å². The zero-order valence-electron chi connectivity index (χ0n) is 15.7. The second kappa shape index (κ2) is 6.91. The SMILES string of the molecule is C[C@@H]1CN(c2nnc(-c3c[nH]cc(C(F)(F)F)c3=O)n2CC2CC2)C[C@H](C)O1. The summed E-state index contributed by atoms with van der Waals surface area (Å²) in [6.07, 6.45) is -0.704. The molecule has 0 spiro atoms. The van der Waals surface area contributed by atoms with E-state index < -0.39 is 17.2 Å². The first-order valence-corrected chi connectivity index (χ1v) is 9.36. The third-order valence-electron chi connectivity index (χ3n) is 5.06. The van der Waals surface area contributed by atoms with E-state index in [2.05, 4.69) is 15.2 Å². The molecule has 1 saturated carbocycles. The van der Waals surface area contributed by atoms with Gasteiger partial charge >= 0.3 is 6.18 Å². The highest BCUT2D eigenvalue weighted by atomic mass is 19.4. The minimum atomic E-state index is -4.73. The number of rotatable bonds is 4. The number of ether oxygens (including phenoxy) is 1. The Morgan fingerprint density at radius 3 is 2.46 bits per heavy atom. The number of halogens is 3. The predicted molar refractivity (Wildman–Crippen MR) is 96.0 cm³/mol. The third kappa shape index (κ3) is 3.65. The van der Waals surface area contributed by atoms with E-state index in [1.54, 1.807) is 4.57 Å². The first-order valence-electron chi connectivity index (χ1n) is 9.36. The number of nitrogens with zero attached hydrogens (tertiary/aromatic N) is 4. The molecule has 2 aromatic rings. The topological polar surface area (TPSA) is 76.0 Å². The molecule has 1 saturated heterocycles. The maximum atomic E-state index is 13.2. The highest BCUT2D eigenvalue weighted by Gasteiger charge is 2.36. The van der Waals surface area contributed by atoms with E-state index in [0.29, 0.717) is 37.7 Å². The van der Waals surface area contributed by atoms with Gasteiger partial charge in [-0.25, -0.2) is 0 Å². The van der Waals surface area contributed by atoms with E-state index in [9.17, 15) is 18.0 Å². The van der Waals surface area contributed by atoms with Gasteiger partial charge in [-0.3, -0.25) is 9.36 Å². The number of aromatic nitrogens is 4. The molecule has 2 atom stereocenters. The van der Waals surface area contributed by atoms with Crippen LogP contribution in [0, 0.1) is 5.92 Å². The van der Waals surface area contributed by atoms with Gasteiger partial charge in [-0.2, -0.15) is 13.2 Å².